The molecule has 2 N–H and O–H groups in total. The molecular weight excluding hydrogens is 366 g/mol. The molecule has 0 atom stereocenters. The fraction of sp³-hybridized carbons (Fsp3) is 0.235. The van der Waals surface area contributed by atoms with Crippen LogP contribution in [0.3, 0.4) is 0 Å². The highest BCUT2D eigenvalue weighted by Crippen LogP contribution is 2.35. The molecule has 0 aliphatic rings. The van der Waals surface area contributed by atoms with E-state index >= 15 is 0 Å². The van der Waals surface area contributed by atoms with Crippen molar-refractivity contribution in [1.29, 1.82) is 0 Å². The maximum atomic E-state index is 14.8. The summed E-state index contributed by atoms with van der Waals surface area (Å²) in [6, 6.07) is 2.86. The smallest absolute Gasteiger partial charge is 0.238 e. The number of nitrogens with zero attached hydrogens (tertiary/aromatic N) is 4. The molecular formula is C17H15B2F2N5S. The highest BCUT2D eigenvalue weighted by Gasteiger charge is 2.23. The minimum absolute atomic E-state index is 0.0114. The Labute approximate surface area is 163 Å². The standard InChI is InChI=1S/C17H15B2F2N5S/c1-3-23-14-8(2)4-9(5-10(14)20)13-11(21)7-26-15(13)12(6-17(18,19)27)24-16(22)25-26/h3-5,7,27H,6H2,1-2H3,(H2,22,25). The number of nitrogens with two attached hydrogens (primary N) is 1. The van der Waals surface area contributed by atoms with E-state index in [1.807, 2.05) is 0 Å². The molecule has 0 unspecified atom stereocenters. The third-order valence-corrected chi connectivity index (χ3v) is 4.08. The van der Waals surface area contributed by atoms with E-state index < -0.39 is 16.2 Å². The number of anilines is 1. The van der Waals surface area contributed by atoms with Gasteiger partial charge in [0.15, 0.2) is 5.82 Å². The van der Waals surface area contributed by atoms with Crippen molar-refractivity contribution >= 4 is 51.7 Å². The number of nitrogen functional groups attached to an aromatic ring is 1. The van der Waals surface area contributed by atoms with Crippen LogP contribution in [0.1, 0.15) is 18.2 Å². The van der Waals surface area contributed by atoms with Gasteiger partial charge in [0.2, 0.25) is 5.95 Å². The van der Waals surface area contributed by atoms with Crippen molar-refractivity contribution in [3.63, 3.8) is 0 Å². The molecule has 3 aromatic rings. The van der Waals surface area contributed by atoms with Crippen LogP contribution in [-0.2, 0) is 6.42 Å². The summed E-state index contributed by atoms with van der Waals surface area (Å²) in [5, 5.41) is 3.98. The van der Waals surface area contributed by atoms with Crippen molar-refractivity contribution in [3.8, 4) is 11.1 Å². The minimum atomic E-state index is -1.40. The Hall–Kier alpha value is -2.35. The summed E-state index contributed by atoms with van der Waals surface area (Å²) in [5.41, 5.74) is 7.48. The van der Waals surface area contributed by atoms with Crippen molar-refractivity contribution in [2.75, 3.05) is 5.73 Å². The molecule has 2 heterocycles. The van der Waals surface area contributed by atoms with Gasteiger partial charge in [0.1, 0.15) is 11.5 Å². The van der Waals surface area contributed by atoms with Crippen LogP contribution < -0.4 is 5.73 Å². The zero-order chi connectivity index (χ0) is 19.9. The SMILES string of the molecule is [B]C([B])(S)Cc1nc(N)nn2cc(F)c(-c3cc(C)c(N=CC)c(F)c3)c12. The van der Waals surface area contributed by atoms with Crippen molar-refractivity contribution in [2.45, 2.75) is 24.8 Å². The molecule has 3 rings (SSSR count). The van der Waals surface area contributed by atoms with Gasteiger partial charge in [0, 0.05) is 11.8 Å². The molecule has 0 bridgehead atoms. The maximum Gasteiger partial charge on any atom is 0.238 e. The van der Waals surface area contributed by atoms with E-state index in [1.165, 1.54) is 16.8 Å². The first-order valence-electron chi connectivity index (χ1n) is 8.03. The van der Waals surface area contributed by atoms with Crippen LogP contribution in [0.25, 0.3) is 16.6 Å². The van der Waals surface area contributed by atoms with Gasteiger partial charge in [0.05, 0.1) is 33.1 Å². The van der Waals surface area contributed by atoms with Crippen molar-refractivity contribution in [1.82, 2.24) is 14.6 Å². The Balaban J connectivity index is 2.31. The maximum absolute atomic E-state index is 14.8. The van der Waals surface area contributed by atoms with E-state index in [0.29, 0.717) is 22.3 Å². The Bertz CT molecular complexity index is 1040. The summed E-state index contributed by atoms with van der Waals surface area (Å²) in [6.07, 6.45) is 2.62. The summed E-state index contributed by atoms with van der Waals surface area (Å²) in [7, 11) is 11.5. The number of hydrogen-bond donors (Lipinski definition) is 2. The number of rotatable bonds is 4. The van der Waals surface area contributed by atoms with E-state index in [4.69, 9.17) is 21.4 Å². The van der Waals surface area contributed by atoms with Gasteiger partial charge in [-0.1, -0.05) is 4.55 Å². The van der Waals surface area contributed by atoms with Crippen molar-refractivity contribution in [3.05, 3.63) is 41.2 Å². The van der Waals surface area contributed by atoms with Crippen LogP contribution in [0.5, 0.6) is 0 Å². The fourth-order valence-corrected chi connectivity index (χ4v) is 3.13. The summed E-state index contributed by atoms with van der Waals surface area (Å²) in [6.45, 7) is 3.38. The van der Waals surface area contributed by atoms with Crippen LogP contribution in [0.4, 0.5) is 20.4 Å². The van der Waals surface area contributed by atoms with E-state index in [9.17, 15) is 8.78 Å². The largest absolute Gasteiger partial charge is 0.367 e. The molecule has 0 amide bonds. The first kappa shape index (κ1) is 19.4. The third-order valence-electron chi connectivity index (χ3n) is 3.92. The summed E-state index contributed by atoms with van der Waals surface area (Å²) >= 11 is 4.10. The molecule has 0 fully saturated rings. The highest BCUT2D eigenvalue weighted by atomic mass is 32.1. The van der Waals surface area contributed by atoms with E-state index in [1.54, 1.807) is 19.9 Å². The van der Waals surface area contributed by atoms with Gasteiger partial charge >= 0.3 is 0 Å². The average molecular weight is 381 g/mol. The van der Waals surface area contributed by atoms with Gasteiger partial charge in [-0.2, -0.15) is 12.6 Å². The zero-order valence-corrected chi connectivity index (χ0v) is 15.6. The van der Waals surface area contributed by atoms with Gasteiger partial charge in [-0.05, 0) is 43.5 Å². The second kappa shape index (κ2) is 6.99. The number of aryl methyl sites for hydroxylation is 1. The predicted molar refractivity (Wildman–Crippen MR) is 108 cm³/mol. The minimum Gasteiger partial charge on any atom is -0.367 e. The lowest BCUT2D eigenvalue weighted by Gasteiger charge is -2.18. The molecule has 5 nitrogen and oxygen atoms in total. The second-order valence-corrected chi connectivity index (χ2v) is 7.07. The lowest BCUT2D eigenvalue weighted by Crippen LogP contribution is -2.26. The van der Waals surface area contributed by atoms with Crippen LogP contribution in [0.15, 0.2) is 23.3 Å². The number of thiol groups is 1. The molecule has 0 saturated heterocycles. The molecule has 1 aromatic carbocycles. The Morgan fingerprint density at radius 2 is 2.04 bits per heavy atom. The van der Waals surface area contributed by atoms with Gasteiger partial charge in [-0.15, -0.1) is 5.10 Å². The topological polar surface area (TPSA) is 68.6 Å². The van der Waals surface area contributed by atoms with E-state index in [0.717, 1.165) is 6.20 Å². The second-order valence-electron chi connectivity index (χ2n) is 6.24. The third kappa shape index (κ3) is 3.85. The normalized spacial score (nSPS) is 12.3. The van der Waals surface area contributed by atoms with Crippen LogP contribution >= 0.6 is 12.6 Å². The number of benzene rings is 1. The first-order chi connectivity index (χ1) is 12.6. The van der Waals surface area contributed by atoms with Crippen molar-refractivity contribution < 1.29 is 8.78 Å². The predicted octanol–water partition coefficient (Wildman–Crippen LogP) is 2.75. The number of aliphatic imine (C=N–C) groups is 1. The molecule has 2 aromatic heterocycles. The van der Waals surface area contributed by atoms with Crippen LogP contribution in [0.2, 0.25) is 0 Å². The number of hydrogen-bond acceptors (Lipinski definition) is 5. The van der Waals surface area contributed by atoms with E-state index in [-0.39, 0.29) is 23.6 Å². The van der Waals surface area contributed by atoms with Gasteiger partial charge in [0.25, 0.3) is 0 Å². The summed E-state index contributed by atoms with van der Waals surface area (Å²) in [5.74, 6) is -1.26. The Morgan fingerprint density at radius 1 is 1.33 bits per heavy atom. The quantitative estimate of drug-likeness (QED) is 0.415. The molecule has 134 valence electrons. The molecule has 27 heavy (non-hydrogen) atoms. The Kier molecular flexibility index (Phi) is 5.03. The zero-order valence-electron chi connectivity index (χ0n) is 14.7. The van der Waals surface area contributed by atoms with Gasteiger partial charge in [-0.3, -0.25) is 4.99 Å². The van der Waals surface area contributed by atoms with Crippen LogP contribution in [0, 0.1) is 18.6 Å². The molecule has 10 heteroatoms. The number of aromatic nitrogens is 3. The lowest BCUT2D eigenvalue weighted by atomic mass is 9.67. The summed E-state index contributed by atoms with van der Waals surface area (Å²) < 4.78 is 29.1. The summed E-state index contributed by atoms with van der Waals surface area (Å²) in [4.78, 5) is 8.14. The van der Waals surface area contributed by atoms with E-state index in [2.05, 4.69) is 27.7 Å². The average Bonchev–Trinajstić information content (AvgIpc) is 2.85. The first-order valence-corrected chi connectivity index (χ1v) is 8.48. The molecule has 4 radical (unpaired) electrons. The van der Waals surface area contributed by atoms with Crippen molar-refractivity contribution in [2.24, 2.45) is 4.99 Å². The van der Waals surface area contributed by atoms with Gasteiger partial charge in [-0.25, -0.2) is 18.3 Å². The molecule has 0 spiro atoms. The molecule has 0 aliphatic heterocycles. The lowest BCUT2D eigenvalue weighted by molar-refractivity contribution is 0.624. The molecule has 0 aliphatic carbocycles. The monoisotopic (exact) mass is 381 g/mol. The van der Waals surface area contributed by atoms with Gasteiger partial charge < -0.3 is 5.73 Å². The Morgan fingerprint density at radius 3 is 2.63 bits per heavy atom. The number of fused-ring (bicyclic) bond motifs is 1. The van der Waals surface area contributed by atoms with Crippen LogP contribution in [-0.4, -0.2) is 41.1 Å². The number of halogens is 2. The fourth-order valence-electron chi connectivity index (χ4n) is 2.98. The highest BCUT2D eigenvalue weighted by molar-refractivity contribution is 7.84. The molecule has 0 saturated carbocycles.